The molecule has 0 aromatic heterocycles. The van der Waals surface area contributed by atoms with Gasteiger partial charge in [0, 0.05) is 0 Å². The molecule has 0 atom stereocenters. The molecular weight excluding hydrogens is 396 g/mol. The van der Waals surface area contributed by atoms with Crippen molar-refractivity contribution < 1.29 is 0 Å². The summed E-state index contributed by atoms with van der Waals surface area (Å²) in [5.41, 5.74) is 1.46. The molecule has 0 saturated heterocycles. The summed E-state index contributed by atoms with van der Waals surface area (Å²) in [7, 11) is 0. The summed E-state index contributed by atoms with van der Waals surface area (Å²) in [6.07, 6.45) is 48.4. The average molecular weight is 458 g/mol. The fourth-order valence-electron chi connectivity index (χ4n) is 5.25. The molecule has 0 amide bonds. The van der Waals surface area contributed by atoms with Gasteiger partial charge in [-0.25, -0.2) is 0 Å². The minimum atomic E-state index is 1.05. The van der Waals surface area contributed by atoms with Crippen LogP contribution in [0.4, 0.5) is 0 Å². The molecule has 1 aliphatic rings. The van der Waals surface area contributed by atoms with Gasteiger partial charge in [-0.1, -0.05) is 180 Å². The van der Waals surface area contributed by atoms with Gasteiger partial charge < -0.3 is 0 Å². The summed E-state index contributed by atoms with van der Waals surface area (Å²) in [6.45, 7) is 2.31. The molecule has 193 valence electrons. The highest BCUT2D eigenvalue weighted by molar-refractivity contribution is 5.21. The predicted octanol–water partition coefficient (Wildman–Crippen LogP) is 12.2. The average Bonchev–Trinajstić information content (AvgIpc) is 3.35. The van der Waals surface area contributed by atoms with E-state index in [1.165, 1.54) is 179 Å². The van der Waals surface area contributed by atoms with Crippen LogP contribution in [0.2, 0.25) is 0 Å². The summed E-state index contributed by atoms with van der Waals surface area (Å²) < 4.78 is 0. The Balaban J connectivity index is 1.61. The molecule has 0 heteroatoms. The van der Waals surface area contributed by atoms with Gasteiger partial charge in [0.2, 0.25) is 0 Å². The second-order valence-corrected chi connectivity index (χ2v) is 10.9. The second-order valence-electron chi connectivity index (χ2n) is 10.9. The molecule has 1 rings (SSSR count). The lowest BCUT2D eigenvalue weighted by Crippen LogP contribution is -1.85. The quantitative estimate of drug-likeness (QED) is 0.108. The number of hydrogen-bond acceptors (Lipinski definition) is 0. The van der Waals surface area contributed by atoms with Crippen molar-refractivity contribution in [2.75, 3.05) is 0 Å². The van der Waals surface area contributed by atoms with E-state index in [4.69, 9.17) is 0 Å². The van der Waals surface area contributed by atoms with Gasteiger partial charge >= 0.3 is 0 Å². The number of unbranched alkanes of at least 4 members (excludes halogenated alkanes) is 25. The molecule has 0 heterocycles. The maximum atomic E-state index is 3.43. The molecule has 33 heavy (non-hydrogen) atoms. The molecule has 0 saturated carbocycles. The normalized spacial score (nSPS) is 13.2. The third kappa shape index (κ3) is 23.0. The van der Waals surface area contributed by atoms with E-state index in [2.05, 4.69) is 25.2 Å². The summed E-state index contributed by atoms with van der Waals surface area (Å²) in [5.74, 6) is 0. The van der Waals surface area contributed by atoms with Crippen LogP contribution in [0.25, 0.3) is 0 Å². The fraction of sp³-hybridized carbons (Fsp3) is 0.879. The zero-order chi connectivity index (χ0) is 23.5. The molecule has 0 bridgehead atoms. The Kier molecular flexibility index (Phi) is 24.1. The van der Waals surface area contributed by atoms with Crippen molar-refractivity contribution in [3.8, 4) is 0 Å². The minimum absolute atomic E-state index is 1.05. The van der Waals surface area contributed by atoms with Crippen LogP contribution in [0, 0.1) is 6.08 Å². The van der Waals surface area contributed by atoms with Crippen LogP contribution >= 0.6 is 0 Å². The first-order valence-corrected chi connectivity index (χ1v) is 15.7. The molecule has 0 aromatic carbocycles. The molecule has 0 nitrogen and oxygen atoms in total. The van der Waals surface area contributed by atoms with Crippen LogP contribution in [0.1, 0.15) is 187 Å². The van der Waals surface area contributed by atoms with Gasteiger partial charge in [0.25, 0.3) is 0 Å². The topological polar surface area (TPSA) is 0 Å². The van der Waals surface area contributed by atoms with E-state index in [0.29, 0.717) is 0 Å². The largest absolute Gasteiger partial charge is 0.0798 e. The van der Waals surface area contributed by atoms with Crippen LogP contribution < -0.4 is 0 Å². The van der Waals surface area contributed by atoms with E-state index in [9.17, 15) is 0 Å². The number of allylic oxidation sites excluding steroid dienone is 4. The molecule has 1 aliphatic carbocycles. The van der Waals surface area contributed by atoms with Crippen molar-refractivity contribution >= 4 is 0 Å². The summed E-state index contributed by atoms with van der Waals surface area (Å²) in [5, 5.41) is 0. The molecule has 1 radical (unpaired) electrons. The van der Waals surface area contributed by atoms with Crippen molar-refractivity contribution in [3.63, 3.8) is 0 Å². The van der Waals surface area contributed by atoms with E-state index in [1.54, 1.807) is 0 Å². The molecule has 0 fully saturated rings. The van der Waals surface area contributed by atoms with Gasteiger partial charge in [0.05, 0.1) is 0 Å². The van der Waals surface area contributed by atoms with Crippen LogP contribution in [-0.2, 0) is 0 Å². The van der Waals surface area contributed by atoms with Crippen molar-refractivity contribution in [3.05, 3.63) is 23.8 Å². The monoisotopic (exact) mass is 457 g/mol. The third-order valence-electron chi connectivity index (χ3n) is 7.57. The molecule has 0 unspecified atom stereocenters. The first kappa shape index (κ1) is 30.5. The maximum absolute atomic E-state index is 3.43. The molecule has 0 spiro atoms. The molecule has 0 aliphatic heterocycles. The van der Waals surface area contributed by atoms with E-state index < -0.39 is 0 Å². The number of hydrogen-bond donors (Lipinski definition) is 0. The zero-order valence-electron chi connectivity index (χ0n) is 23.0. The highest BCUT2D eigenvalue weighted by Crippen LogP contribution is 2.18. The van der Waals surface area contributed by atoms with Crippen LogP contribution in [0.3, 0.4) is 0 Å². The van der Waals surface area contributed by atoms with Crippen molar-refractivity contribution in [2.45, 2.75) is 187 Å². The lowest BCUT2D eigenvalue weighted by Gasteiger charge is -2.04. The Morgan fingerprint density at radius 3 is 1.03 bits per heavy atom. The van der Waals surface area contributed by atoms with Gasteiger partial charge in [-0.05, 0) is 30.9 Å². The highest BCUT2D eigenvalue weighted by Gasteiger charge is 1.99. The predicted molar refractivity (Wildman–Crippen MR) is 151 cm³/mol. The van der Waals surface area contributed by atoms with E-state index >= 15 is 0 Å². The minimum Gasteiger partial charge on any atom is -0.0798 e. The van der Waals surface area contributed by atoms with Gasteiger partial charge in [0.15, 0.2) is 0 Å². The molecule has 0 N–H and O–H groups in total. The highest BCUT2D eigenvalue weighted by atomic mass is 14.0. The Morgan fingerprint density at radius 1 is 0.455 bits per heavy atom. The van der Waals surface area contributed by atoms with Gasteiger partial charge in [-0.3, -0.25) is 0 Å². The lowest BCUT2D eigenvalue weighted by atomic mass is 10.0. The van der Waals surface area contributed by atoms with Gasteiger partial charge in [0.1, 0.15) is 0 Å². The summed E-state index contributed by atoms with van der Waals surface area (Å²) in [4.78, 5) is 0. The summed E-state index contributed by atoms with van der Waals surface area (Å²) >= 11 is 0. The second kappa shape index (κ2) is 26.1. The Bertz CT molecular complexity index is 429. The van der Waals surface area contributed by atoms with E-state index in [-0.39, 0.29) is 0 Å². The first-order chi connectivity index (χ1) is 16.4. The fourth-order valence-corrected chi connectivity index (χ4v) is 5.25. The van der Waals surface area contributed by atoms with E-state index in [0.717, 1.165) is 6.42 Å². The standard InChI is InChI=1S/C33H61/c1-2-3-4-5-6-7-8-9-10-11-12-13-14-15-16-17-18-19-20-21-22-23-24-25-26-27-30-33-31-28-29-32-33/h28,31H,2-27,29-30H2,1H3. The maximum Gasteiger partial charge on any atom is -0.00885 e. The Labute approximate surface area is 210 Å². The molecule has 0 aromatic rings. The van der Waals surface area contributed by atoms with E-state index in [1.807, 2.05) is 0 Å². The smallest absolute Gasteiger partial charge is 0.00885 e. The zero-order valence-corrected chi connectivity index (χ0v) is 23.0. The van der Waals surface area contributed by atoms with Crippen molar-refractivity contribution in [2.24, 2.45) is 0 Å². The van der Waals surface area contributed by atoms with Gasteiger partial charge in [-0.2, -0.15) is 0 Å². The Morgan fingerprint density at radius 2 is 0.758 bits per heavy atom. The first-order valence-electron chi connectivity index (χ1n) is 15.7. The Hall–Kier alpha value is -0.520. The van der Waals surface area contributed by atoms with Crippen molar-refractivity contribution in [1.29, 1.82) is 0 Å². The lowest BCUT2D eigenvalue weighted by molar-refractivity contribution is 0.515. The van der Waals surface area contributed by atoms with Crippen LogP contribution in [0.5, 0.6) is 0 Å². The summed E-state index contributed by atoms with van der Waals surface area (Å²) in [6, 6.07) is 0. The van der Waals surface area contributed by atoms with Gasteiger partial charge in [-0.15, -0.1) is 0 Å². The molecular formula is C33H61. The van der Waals surface area contributed by atoms with Crippen LogP contribution in [-0.4, -0.2) is 0 Å². The van der Waals surface area contributed by atoms with Crippen LogP contribution in [0.15, 0.2) is 17.7 Å². The van der Waals surface area contributed by atoms with Crippen molar-refractivity contribution in [1.82, 2.24) is 0 Å². The number of rotatable bonds is 27. The SMILES string of the molecule is CCCCCCCCCCCCCCCCCCCCCCCCCCCCC1=[C]CC=C1. The third-order valence-corrected chi connectivity index (χ3v) is 7.57.